The van der Waals surface area contributed by atoms with Gasteiger partial charge in [0.05, 0.1) is 6.04 Å². The Morgan fingerprint density at radius 3 is 2.54 bits per heavy atom. The van der Waals surface area contributed by atoms with E-state index in [4.69, 9.17) is 4.74 Å². The monoisotopic (exact) mass is 339 g/mol. The molecule has 0 bridgehead atoms. The van der Waals surface area contributed by atoms with E-state index in [0.717, 1.165) is 15.6 Å². The van der Waals surface area contributed by atoms with E-state index in [2.05, 4.69) is 5.32 Å². The molecule has 0 radical (unpaired) electrons. The third kappa shape index (κ3) is 3.81. The van der Waals surface area contributed by atoms with Gasteiger partial charge in [0, 0.05) is 4.70 Å². The fourth-order valence-corrected chi connectivity index (χ4v) is 3.35. The van der Waals surface area contributed by atoms with Crippen LogP contribution in [0, 0.1) is 0 Å². The van der Waals surface area contributed by atoms with Crippen LogP contribution in [0.3, 0.4) is 0 Å². The highest BCUT2D eigenvalue weighted by molar-refractivity contribution is 7.20. The van der Waals surface area contributed by atoms with Crippen LogP contribution in [0.15, 0.2) is 60.7 Å². The quantitative estimate of drug-likeness (QED) is 0.717. The summed E-state index contributed by atoms with van der Waals surface area (Å²) in [6.45, 7) is 1.60. The first-order valence-corrected chi connectivity index (χ1v) is 8.45. The van der Waals surface area contributed by atoms with Crippen molar-refractivity contribution < 1.29 is 14.3 Å². The van der Waals surface area contributed by atoms with Gasteiger partial charge in [0.1, 0.15) is 4.88 Å². The molecule has 122 valence electrons. The van der Waals surface area contributed by atoms with E-state index in [1.54, 1.807) is 6.07 Å². The lowest BCUT2D eigenvalue weighted by Gasteiger charge is -2.14. The van der Waals surface area contributed by atoms with Crippen molar-refractivity contribution >= 4 is 33.3 Å². The Kier molecular flexibility index (Phi) is 4.91. The number of esters is 1. The molecule has 0 aliphatic carbocycles. The molecule has 1 amide bonds. The molecule has 2 aromatic carbocycles. The first-order valence-electron chi connectivity index (χ1n) is 7.63. The largest absolute Gasteiger partial charge is 0.451 e. The van der Waals surface area contributed by atoms with Gasteiger partial charge in [-0.05, 0) is 30.0 Å². The molecule has 24 heavy (non-hydrogen) atoms. The number of nitrogens with one attached hydrogen (secondary N) is 1. The van der Waals surface area contributed by atoms with Crippen molar-refractivity contribution in [2.24, 2.45) is 0 Å². The lowest BCUT2D eigenvalue weighted by molar-refractivity contribution is -0.124. The lowest BCUT2D eigenvalue weighted by atomic mass is 10.1. The molecule has 4 nitrogen and oxygen atoms in total. The highest BCUT2D eigenvalue weighted by Gasteiger charge is 2.15. The van der Waals surface area contributed by atoms with Crippen LogP contribution in [0.5, 0.6) is 0 Å². The van der Waals surface area contributed by atoms with Crippen molar-refractivity contribution in [3.63, 3.8) is 0 Å². The van der Waals surface area contributed by atoms with E-state index in [-0.39, 0.29) is 18.6 Å². The lowest BCUT2D eigenvalue weighted by Crippen LogP contribution is -2.31. The molecule has 0 unspecified atom stereocenters. The van der Waals surface area contributed by atoms with Gasteiger partial charge in [-0.1, -0.05) is 48.5 Å². The zero-order valence-corrected chi connectivity index (χ0v) is 14.0. The zero-order valence-electron chi connectivity index (χ0n) is 13.2. The van der Waals surface area contributed by atoms with Crippen LogP contribution in [0.25, 0.3) is 10.1 Å². The van der Waals surface area contributed by atoms with Gasteiger partial charge in [0.25, 0.3) is 5.91 Å². The van der Waals surface area contributed by atoms with Crippen molar-refractivity contribution in [2.75, 3.05) is 6.61 Å². The normalized spacial score (nSPS) is 11.9. The van der Waals surface area contributed by atoms with Gasteiger partial charge >= 0.3 is 5.97 Å². The third-order valence-corrected chi connectivity index (χ3v) is 4.73. The van der Waals surface area contributed by atoms with Crippen molar-refractivity contribution in [2.45, 2.75) is 13.0 Å². The number of amides is 1. The average molecular weight is 339 g/mol. The van der Waals surface area contributed by atoms with E-state index in [0.29, 0.717) is 4.88 Å². The Morgan fingerprint density at radius 1 is 1.08 bits per heavy atom. The van der Waals surface area contributed by atoms with Crippen molar-refractivity contribution in [3.8, 4) is 0 Å². The molecule has 3 aromatic rings. The summed E-state index contributed by atoms with van der Waals surface area (Å²) in [5.74, 6) is -0.792. The van der Waals surface area contributed by atoms with Crippen molar-refractivity contribution in [1.29, 1.82) is 0 Å². The minimum atomic E-state index is -0.473. The molecule has 1 aromatic heterocycles. The van der Waals surface area contributed by atoms with Gasteiger partial charge in [0.15, 0.2) is 6.61 Å². The van der Waals surface area contributed by atoms with Crippen molar-refractivity contribution in [1.82, 2.24) is 5.32 Å². The highest BCUT2D eigenvalue weighted by atomic mass is 32.1. The molecule has 0 saturated heterocycles. The maximum Gasteiger partial charge on any atom is 0.348 e. The van der Waals surface area contributed by atoms with E-state index < -0.39 is 5.97 Å². The van der Waals surface area contributed by atoms with Crippen LogP contribution in [0.4, 0.5) is 0 Å². The first-order chi connectivity index (χ1) is 11.6. The molecular formula is C19H17NO3S. The second-order valence-electron chi connectivity index (χ2n) is 5.42. The van der Waals surface area contributed by atoms with Gasteiger partial charge in [-0.15, -0.1) is 11.3 Å². The van der Waals surface area contributed by atoms with Crippen LogP contribution in [-0.2, 0) is 9.53 Å². The number of carbonyl (C=O) groups excluding carboxylic acids is 2. The Bertz CT molecular complexity index is 824. The summed E-state index contributed by atoms with van der Waals surface area (Å²) < 4.78 is 6.14. The molecule has 5 heteroatoms. The van der Waals surface area contributed by atoms with Gasteiger partial charge in [-0.25, -0.2) is 4.79 Å². The molecule has 0 aliphatic heterocycles. The van der Waals surface area contributed by atoms with Crippen LogP contribution in [0.2, 0.25) is 0 Å². The van der Waals surface area contributed by atoms with E-state index in [1.807, 2.05) is 61.5 Å². The third-order valence-electron chi connectivity index (χ3n) is 3.64. The molecule has 0 saturated carbocycles. The molecule has 0 aliphatic rings. The average Bonchev–Trinajstić information content (AvgIpc) is 3.04. The standard InChI is InChI=1S/C19H17NO3S/c1-13(14-7-3-2-4-8-14)20-18(21)12-23-19(22)17-11-15-9-5-6-10-16(15)24-17/h2-11,13H,12H2,1H3,(H,20,21)/t13-/m0/s1. The Hall–Kier alpha value is -2.66. The van der Waals surface area contributed by atoms with Crippen LogP contribution in [-0.4, -0.2) is 18.5 Å². The number of rotatable bonds is 5. The van der Waals surface area contributed by atoms with Gasteiger partial charge in [0.2, 0.25) is 0 Å². The summed E-state index contributed by atoms with van der Waals surface area (Å²) >= 11 is 1.36. The van der Waals surface area contributed by atoms with Gasteiger partial charge in [-0.2, -0.15) is 0 Å². The number of fused-ring (bicyclic) bond motifs is 1. The van der Waals surface area contributed by atoms with Crippen LogP contribution < -0.4 is 5.32 Å². The molecular weight excluding hydrogens is 322 g/mol. The van der Waals surface area contributed by atoms with Gasteiger partial charge in [-0.3, -0.25) is 4.79 Å². The maximum atomic E-state index is 12.1. The maximum absolute atomic E-state index is 12.1. The SMILES string of the molecule is C[C@H](NC(=O)COC(=O)c1cc2ccccc2s1)c1ccccc1. The summed E-state index contributed by atoms with van der Waals surface area (Å²) in [5, 5.41) is 3.81. The van der Waals surface area contributed by atoms with E-state index >= 15 is 0 Å². The number of hydrogen-bond donors (Lipinski definition) is 1. The molecule has 0 spiro atoms. The number of thiophene rings is 1. The highest BCUT2D eigenvalue weighted by Crippen LogP contribution is 2.25. The number of hydrogen-bond acceptors (Lipinski definition) is 4. The molecule has 0 fully saturated rings. The Morgan fingerprint density at radius 2 is 1.79 bits per heavy atom. The minimum absolute atomic E-state index is 0.137. The smallest absolute Gasteiger partial charge is 0.348 e. The van der Waals surface area contributed by atoms with E-state index in [9.17, 15) is 9.59 Å². The summed E-state index contributed by atoms with van der Waals surface area (Å²) in [6, 6.07) is 19.0. The second-order valence-corrected chi connectivity index (χ2v) is 6.51. The Labute approximate surface area is 144 Å². The minimum Gasteiger partial charge on any atom is -0.451 e. The number of carbonyl (C=O) groups is 2. The van der Waals surface area contributed by atoms with Gasteiger partial charge < -0.3 is 10.1 Å². The predicted molar refractivity (Wildman–Crippen MR) is 95.1 cm³/mol. The fourth-order valence-electron chi connectivity index (χ4n) is 2.39. The van der Waals surface area contributed by atoms with Crippen LogP contribution >= 0.6 is 11.3 Å². The van der Waals surface area contributed by atoms with Crippen LogP contribution in [0.1, 0.15) is 28.2 Å². The number of benzene rings is 2. The Balaban J connectivity index is 1.55. The molecule has 1 atom stereocenters. The second kappa shape index (κ2) is 7.27. The summed E-state index contributed by atoms with van der Waals surface area (Å²) in [6.07, 6.45) is 0. The van der Waals surface area contributed by atoms with Crippen molar-refractivity contribution in [3.05, 3.63) is 71.1 Å². The summed E-state index contributed by atoms with van der Waals surface area (Å²) in [7, 11) is 0. The zero-order chi connectivity index (χ0) is 16.9. The molecule has 1 N–H and O–H groups in total. The molecule has 3 rings (SSSR count). The predicted octanol–water partition coefficient (Wildman–Crippen LogP) is 3.94. The summed E-state index contributed by atoms with van der Waals surface area (Å²) in [4.78, 5) is 24.5. The first kappa shape index (κ1) is 16.2. The number of ether oxygens (including phenoxy) is 1. The topological polar surface area (TPSA) is 55.4 Å². The summed E-state index contributed by atoms with van der Waals surface area (Å²) in [5.41, 5.74) is 1.00. The van der Waals surface area contributed by atoms with E-state index in [1.165, 1.54) is 11.3 Å². The fraction of sp³-hybridized carbons (Fsp3) is 0.158. The molecule has 1 heterocycles.